The van der Waals surface area contributed by atoms with Crippen molar-refractivity contribution < 1.29 is 18.9 Å². The van der Waals surface area contributed by atoms with E-state index >= 15 is 0 Å². The number of fused-ring (bicyclic) bond motifs is 3. The predicted molar refractivity (Wildman–Crippen MR) is 153 cm³/mol. The van der Waals surface area contributed by atoms with Crippen LogP contribution in [0.5, 0.6) is 0 Å². The van der Waals surface area contributed by atoms with Crippen molar-refractivity contribution in [1.29, 1.82) is 0 Å². The van der Waals surface area contributed by atoms with E-state index in [0.29, 0.717) is 26.4 Å². The van der Waals surface area contributed by atoms with Crippen LogP contribution >= 0.6 is 0 Å². The van der Waals surface area contributed by atoms with Crippen LogP contribution in [0.25, 0.3) is 11.1 Å². The SMILES string of the molecule is C=COCCOCCCCCCC1(CCCCCCOCCOC=C)c2ccccc2-c2ccccc21. The van der Waals surface area contributed by atoms with Gasteiger partial charge >= 0.3 is 0 Å². The topological polar surface area (TPSA) is 36.9 Å². The summed E-state index contributed by atoms with van der Waals surface area (Å²) < 4.78 is 21.5. The fourth-order valence-corrected chi connectivity index (χ4v) is 5.63. The van der Waals surface area contributed by atoms with Crippen molar-refractivity contribution in [3.63, 3.8) is 0 Å². The second-order valence-electron chi connectivity index (χ2n) is 9.80. The zero-order valence-corrected chi connectivity index (χ0v) is 22.6. The van der Waals surface area contributed by atoms with Gasteiger partial charge in [-0.1, -0.05) is 100 Å². The molecule has 0 spiro atoms. The summed E-state index contributed by atoms with van der Waals surface area (Å²) >= 11 is 0. The molecule has 0 radical (unpaired) electrons. The molecule has 37 heavy (non-hydrogen) atoms. The Labute approximate surface area is 224 Å². The Morgan fingerprint density at radius 1 is 0.514 bits per heavy atom. The van der Waals surface area contributed by atoms with E-state index in [1.165, 1.54) is 86.1 Å². The van der Waals surface area contributed by atoms with Crippen molar-refractivity contribution in [3.05, 3.63) is 85.3 Å². The zero-order valence-electron chi connectivity index (χ0n) is 22.6. The van der Waals surface area contributed by atoms with Gasteiger partial charge in [-0.15, -0.1) is 0 Å². The first-order valence-electron chi connectivity index (χ1n) is 14.1. The van der Waals surface area contributed by atoms with E-state index in [0.717, 1.165) is 26.1 Å². The van der Waals surface area contributed by atoms with Gasteiger partial charge in [0.05, 0.1) is 25.7 Å². The second-order valence-corrected chi connectivity index (χ2v) is 9.80. The molecule has 1 aliphatic rings. The predicted octanol–water partition coefficient (Wildman–Crippen LogP) is 8.21. The number of ether oxygens (including phenoxy) is 4. The summed E-state index contributed by atoms with van der Waals surface area (Å²) in [5.74, 6) is 0. The molecule has 3 rings (SSSR count). The van der Waals surface area contributed by atoms with Crippen molar-refractivity contribution in [3.8, 4) is 11.1 Å². The molecule has 0 heterocycles. The lowest BCUT2D eigenvalue weighted by molar-refractivity contribution is 0.0824. The third-order valence-corrected chi connectivity index (χ3v) is 7.39. The van der Waals surface area contributed by atoms with Crippen molar-refractivity contribution >= 4 is 0 Å². The largest absolute Gasteiger partial charge is 0.499 e. The van der Waals surface area contributed by atoms with Crippen molar-refractivity contribution in [2.75, 3.05) is 39.6 Å². The Bertz CT molecular complexity index is 847. The van der Waals surface area contributed by atoms with Gasteiger partial charge < -0.3 is 18.9 Å². The molecule has 0 saturated heterocycles. The molecule has 4 nitrogen and oxygen atoms in total. The Hall–Kier alpha value is -2.56. The van der Waals surface area contributed by atoms with Gasteiger partial charge in [0.1, 0.15) is 13.2 Å². The summed E-state index contributed by atoms with van der Waals surface area (Å²) in [6, 6.07) is 18.2. The first-order chi connectivity index (χ1) is 18.3. The zero-order chi connectivity index (χ0) is 26.0. The summed E-state index contributed by atoms with van der Waals surface area (Å²) in [5.41, 5.74) is 6.07. The lowest BCUT2D eigenvalue weighted by Gasteiger charge is -2.33. The number of unbranched alkanes of at least 4 members (excludes halogenated alkanes) is 6. The minimum atomic E-state index is 0.129. The van der Waals surface area contributed by atoms with Crippen LogP contribution in [0.15, 0.2) is 74.2 Å². The summed E-state index contributed by atoms with van der Waals surface area (Å²) in [7, 11) is 0. The molecule has 0 amide bonds. The highest BCUT2D eigenvalue weighted by atomic mass is 16.5. The smallest absolute Gasteiger partial charge is 0.111 e. The third-order valence-electron chi connectivity index (χ3n) is 7.39. The van der Waals surface area contributed by atoms with Crippen LogP contribution in [0.1, 0.15) is 75.3 Å². The van der Waals surface area contributed by atoms with Crippen molar-refractivity contribution in [2.45, 2.75) is 69.6 Å². The number of benzene rings is 2. The number of hydrogen-bond donors (Lipinski definition) is 0. The highest BCUT2D eigenvalue weighted by Crippen LogP contribution is 2.53. The maximum Gasteiger partial charge on any atom is 0.111 e. The van der Waals surface area contributed by atoms with E-state index in [1.807, 2.05) is 0 Å². The molecule has 0 saturated carbocycles. The molecular formula is C33H46O4. The van der Waals surface area contributed by atoms with Crippen LogP contribution in [0, 0.1) is 0 Å². The molecule has 0 N–H and O–H groups in total. The van der Waals surface area contributed by atoms with Gasteiger partial charge in [-0.05, 0) is 47.9 Å². The normalized spacial score (nSPS) is 13.1. The molecule has 4 heteroatoms. The Morgan fingerprint density at radius 2 is 0.946 bits per heavy atom. The lowest BCUT2D eigenvalue weighted by atomic mass is 9.70. The average molecular weight is 507 g/mol. The van der Waals surface area contributed by atoms with E-state index in [4.69, 9.17) is 18.9 Å². The highest BCUT2D eigenvalue weighted by molar-refractivity contribution is 5.80. The van der Waals surface area contributed by atoms with Gasteiger partial charge in [0.15, 0.2) is 0 Å². The number of hydrogen-bond acceptors (Lipinski definition) is 4. The van der Waals surface area contributed by atoms with Crippen LogP contribution in [0.3, 0.4) is 0 Å². The molecule has 2 aromatic carbocycles. The molecule has 0 bridgehead atoms. The van der Waals surface area contributed by atoms with Crippen LogP contribution in [-0.2, 0) is 24.4 Å². The van der Waals surface area contributed by atoms with Crippen LogP contribution in [-0.4, -0.2) is 39.6 Å². The molecule has 202 valence electrons. The summed E-state index contributed by atoms with van der Waals surface area (Å²) in [4.78, 5) is 0. The fourth-order valence-electron chi connectivity index (χ4n) is 5.63. The van der Waals surface area contributed by atoms with E-state index in [2.05, 4.69) is 61.7 Å². The van der Waals surface area contributed by atoms with Crippen LogP contribution in [0.4, 0.5) is 0 Å². The first kappa shape index (κ1) is 29.0. The Kier molecular flexibility index (Phi) is 13.4. The maximum absolute atomic E-state index is 5.65. The fraction of sp³-hybridized carbons (Fsp3) is 0.515. The van der Waals surface area contributed by atoms with E-state index in [9.17, 15) is 0 Å². The van der Waals surface area contributed by atoms with Gasteiger partial charge in [-0.3, -0.25) is 0 Å². The molecule has 0 aliphatic heterocycles. The quantitative estimate of drug-likeness (QED) is 0.119. The first-order valence-corrected chi connectivity index (χ1v) is 14.1. The maximum atomic E-state index is 5.65. The van der Waals surface area contributed by atoms with E-state index in [1.54, 1.807) is 0 Å². The van der Waals surface area contributed by atoms with E-state index in [-0.39, 0.29) is 5.41 Å². The molecule has 0 unspecified atom stereocenters. The molecular weight excluding hydrogens is 460 g/mol. The van der Waals surface area contributed by atoms with Gasteiger partial charge in [0.25, 0.3) is 0 Å². The summed E-state index contributed by atoms with van der Waals surface area (Å²) in [6.07, 6.45) is 14.9. The molecule has 2 aromatic rings. The minimum absolute atomic E-state index is 0.129. The molecule has 0 aromatic heterocycles. The standard InChI is InChI=1S/C33H46O4/c1-3-34-25-27-36-23-15-7-5-13-21-33(22-14-6-8-16-24-37-28-26-35-4-2)31-19-11-9-17-29(31)30-18-10-12-20-32(30)33/h3-4,9-12,17-20H,1-2,5-8,13-16,21-28H2. The van der Waals surface area contributed by atoms with Gasteiger partial charge in [-0.25, -0.2) is 0 Å². The Morgan fingerprint density at radius 3 is 1.41 bits per heavy atom. The van der Waals surface area contributed by atoms with Gasteiger partial charge in [0.2, 0.25) is 0 Å². The number of rotatable bonds is 22. The highest BCUT2D eigenvalue weighted by Gasteiger charge is 2.41. The van der Waals surface area contributed by atoms with Crippen molar-refractivity contribution in [1.82, 2.24) is 0 Å². The van der Waals surface area contributed by atoms with Gasteiger partial charge in [0, 0.05) is 18.6 Å². The molecule has 0 fully saturated rings. The van der Waals surface area contributed by atoms with Crippen molar-refractivity contribution in [2.24, 2.45) is 0 Å². The average Bonchev–Trinajstić information content (AvgIpc) is 3.21. The molecule has 1 aliphatic carbocycles. The van der Waals surface area contributed by atoms with E-state index < -0.39 is 0 Å². The Balaban J connectivity index is 1.51. The summed E-state index contributed by atoms with van der Waals surface area (Å²) in [6.45, 7) is 11.2. The molecule has 0 atom stereocenters. The second kappa shape index (κ2) is 17.0. The van der Waals surface area contributed by atoms with Crippen LogP contribution < -0.4 is 0 Å². The minimum Gasteiger partial charge on any atom is -0.499 e. The van der Waals surface area contributed by atoms with Crippen LogP contribution in [0.2, 0.25) is 0 Å². The monoisotopic (exact) mass is 506 g/mol. The summed E-state index contributed by atoms with van der Waals surface area (Å²) in [5, 5.41) is 0. The van der Waals surface area contributed by atoms with Gasteiger partial charge in [-0.2, -0.15) is 0 Å². The third kappa shape index (κ3) is 8.76. The lowest BCUT2D eigenvalue weighted by Crippen LogP contribution is -2.25.